The van der Waals surface area contributed by atoms with E-state index in [0.29, 0.717) is 5.92 Å². The second kappa shape index (κ2) is 7.27. The van der Waals surface area contributed by atoms with Gasteiger partial charge in [0.2, 0.25) is 0 Å². The molecule has 0 amide bonds. The van der Waals surface area contributed by atoms with E-state index in [2.05, 4.69) is 67.6 Å². The number of rotatable bonds is 0. The summed E-state index contributed by atoms with van der Waals surface area (Å²) >= 11 is 0. The van der Waals surface area contributed by atoms with Gasteiger partial charge in [-0.15, -0.1) is 0 Å². The van der Waals surface area contributed by atoms with Crippen LogP contribution in [0, 0.1) is 0 Å². The summed E-state index contributed by atoms with van der Waals surface area (Å²) in [5.74, 6) is 0.595. The first kappa shape index (κ1) is 17.5. The Hall–Kier alpha value is -2.34. The summed E-state index contributed by atoms with van der Waals surface area (Å²) in [7, 11) is 0. The molecule has 0 saturated carbocycles. The average Bonchev–Trinajstić information content (AvgIpc) is 2.70. The van der Waals surface area contributed by atoms with E-state index in [0.717, 1.165) is 6.42 Å². The smallest absolute Gasteiger partial charge is 0.00295 e. The van der Waals surface area contributed by atoms with E-state index >= 15 is 0 Å². The predicted molar refractivity (Wildman–Crippen MR) is 114 cm³/mol. The largest absolute Gasteiger partial charge is 0.0760 e. The van der Waals surface area contributed by atoms with Gasteiger partial charge in [0, 0.05) is 0 Å². The maximum absolute atomic E-state index is 2.40. The van der Waals surface area contributed by atoms with Gasteiger partial charge in [-0.25, -0.2) is 0 Å². The lowest BCUT2D eigenvalue weighted by atomic mass is 9.81. The summed E-state index contributed by atoms with van der Waals surface area (Å²) in [6.07, 6.45) is 3.55. The van der Waals surface area contributed by atoms with Crippen molar-refractivity contribution in [2.24, 2.45) is 0 Å². The van der Waals surface area contributed by atoms with Gasteiger partial charge in [0.15, 0.2) is 0 Å². The maximum Gasteiger partial charge on any atom is -0.00295 e. The van der Waals surface area contributed by atoms with Gasteiger partial charge in [-0.2, -0.15) is 0 Å². The van der Waals surface area contributed by atoms with E-state index in [1.165, 1.54) is 37.5 Å². The topological polar surface area (TPSA) is 0 Å². The van der Waals surface area contributed by atoms with Gasteiger partial charge in [-0.3, -0.25) is 0 Å². The number of benzene rings is 4. The third-order valence-corrected chi connectivity index (χ3v) is 5.04. The molecule has 0 radical (unpaired) electrons. The SMILES string of the molecule is CC.CC.CC1CC=c2cccc3c2c1c1cccc2cccc3c21. The van der Waals surface area contributed by atoms with Crippen LogP contribution in [0.2, 0.25) is 0 Å². The average molecular weight is 328 g/mol. The standard InChI is InChI=1S/C21H16.2C2H6/c1-13-11-12-15-7-3-9-17-16-8-2-5-14-6-4-10-18(20(14)16)19(13)21(15)17;2*1-2/h2-10,12-13H,11H2,1H3;2*1-2H3. The van der Waals surface area contributed by atoms with Crippen molar-refractivity contribution >= 4 is 38.4 Å². The maximum atomic E-state index is 2.40. The zero-order valence-corrected chi connectivity index (χ0v) is 16.1. The lowest BCUT2D eigenvalue weighted by molar-refractivity contribution is 0.810. The highest BCUT2D eigenvalue weighted by Crippen LogP contribution is 2.40. The molecule has 1 aliphatic rings. The first-order chi connectivity index (χ1) is 12.3. The molecule has 4 aromatic carbocycles. The summed E-state index contributed by atoms with van der Waals surface area (Å²) in [6.45, 7) is 10.4. The van der Waals surface area contributed by atoms with E-state index in [4.69, 9.17) is 0 Å². The fraction of sp³-hybridized carbons (Fsp3) is 0.280. The summed E-state index contributed by atoms with van der Waals surface area (Å²) in [5, 5.41) is 9.93. The van der Waals surface area contributed by atoms with Crippen LogP contribution in [-0.2, 0) is 0 Å². The Morgan fingerprint density at radius 2 is 1.24 bits per heavy atom. The second-order valence-electron chi connectivity index (χ2n) is 6.23. The lowest BCUT2D eigenvalue weighted by Crippen LogP contribution is -2.12. The third kappa shape index (κ3) is 2.61. The van der Waals surface area contributed by atoms with Crippen LogP contribution in [0.15, 0.2) is 54.6 Å². The second-order valence-corrected chi connectivity index (χ2v) is 6.23. The summed E-state index contributed by atoms with van der Waals surface area (Å²) in [6, 6.07) is 20.2. The van der Waals surface area contributed by atoms with Gasteiger partial charge in [0.1, 0.15) is 0 Å². The summed E-state index contributed by atoms with van der Waals surface area (Å²) < 4.78 is 0. The first-order valence-electron chi connectivity index (χ1n) is 9.70. The van der Waals surface area contributed by atoms with Crippen molar-refractivity contribution in [3.05, 3.63) is 65.4 Å². The predicted octanol–water partition coefficient (Wildman–Crippen LogP) is 7.21. The zero-order valence-electron chi connectivity index (χ0n) is 16.1. The van der Waals surface area contributed by atoms with Crippen molar-refractivity contribution in [1.29, 1.82) is 0 Å². The fourth-order valence-electron chi connectivity index (χ4n) is 4.12. The van der Waals surface area contributed by atoms with Gasteiger partial charge in [0.05, 0.1) is 0 Å². The molecule has 0 fully saturated rings. The normalized spacial score (nSPS) is 15.2. The molecule has 0 N–H and O–H groups in total. The van der Waals surface area contributed by atoms with E-state index in [9.17, 15) is 0 Å². The molecule has 1 atom stereocenters. The van der Waals surface area contributed by atoms with Crippen molar-refractivity contribution in [2.75, 3.05) is 0 Å². The minimum Gasteiger partial charge on any atom is -0.0760 e. The number of hydrogen-bond acceptors (Lipinski definition) is 0. The minimum absolute atomic E-state index is 0.595. The van der Waals surface area contributed by atoms with Crippen molar-refractivity contribution in [1.82, 2.24) is 0 Å². The molecular formula is C25H28. The van der Waals surface area contributed by atoms with Crippen LogP contribution in [0.25, 0.3) is 38.4 Å². The monoisotopic (exact) mass is 328 g/mol. The van der Waals surface area contributed by atoms with Gasteiger partial charge in [0.25, 0.3) is 0 Å². The van der Waals surface area contributed by atoms with E-state index in [-0.39, 0.29) is 0 Å². The van der Waals surface area contributed by atoms with E-state index in [1.54, 1.807) is 5.56 Å². The molecule has 0 saturated heterocycles. The molecule has 4 aromatic rings. The number of hydrogen-bond donors (Lipinski definition) is 0. The molecule has 128 valence electrons. The highest BCUT2D eigenvalue weighted by Gasteiger charge is 2.19. The fourth-order valence-corrected chi connectivity index (χ4v) is 4.12. The molecule has 1 unspecified atom stereocenters. The van der Waals surface area contributed by atoms with E-state index in [1.807, 2.05) is 27.7 Å². The van der Waals surface area contributed by atoms with E-state index < -0.39 is 0 Å². The molecule has 0 spiro atoms. The molecule has 0 aliphatic heterocycles. The van der Waals surface area contributed by atoms with Crippen molar-refractivity contribution in [3.63, 3.8) is 0 Å². The van der Waals surface area contributed by atoms with Crippen LogP contribution in [0.5, 0.6) is 0 Å². The molecule has 0 aromatic heterocycles. The van der Waals surface area contributed by atoms with Crippen molar-refractivity contribution in [3.8, 4) is 0 Å². The summed E-state index contributed by atoms with van der Waals surface area (Å²) in [4.78, 5) is 0. The molecule has 0 heterocycles. The Labute approximate surface area is 151 Å². The molecule has 0 heteroatoms. The molecule has 5 rings (SSSR count). The van der Waals surface area contributed by atoms with Crippen molar-refractivity contribution in [2.45, 2.75) is 47.0 Å². The van der Waals surface area contributed by atoms with Gasteiger partial charge >= 0.3 is 0 Å². The molecular weight excluding hydrogens is 300 g/mol. The molecule has 25 heavy (non-hydrogen) atoms. The van der Waals surface area contributed by atoms with Gasteiger partial charge in [-0.1, -0.05) is 95.3 Å². The minimum atomic E-state index is 0.595. The Kier molecular flexibility index (Phi) is 5.08. The zero-order chi connectivity index (χ0) is 18.0. The lowest BCUT2D eigenvalue weighted by Gasteiger charge is -2.22. The van der Waals surface area contributed by atoms with Crippen LogP contribution in [-0.4, -0.2) is 0 Å². The Balaban J connectivity index is 0.000000428. The van der Waals surface area contributed by atoms with Crippen LogP contribution in [0.1, 0.15) is 52.5 Å². The summed E-state index contributed by atoms with van der Waals surface area (Å²) in [5.41, 5.74) is 1.55. The van der Waals surface area contributed by atoms with Gasteiger partial charge < -0.3 is 0 Å². The van der Waals surface area contributed by atoms with Crippen LogP contribution < -0.4 is 5.22 Å². The van der Waals surface area contributed by atoms with Crippen LogP contribution in [0.4, 0.5) is 0 Å². The number of fused-ring (bicyclic) bond motifs is 2. The molecule has 0 bridgehead atoms. The molecule has 0 nitrogen and oxygen atoms in total. The van der Waals surface area contributed by atoms with Gasteiger partial charge in [-0.05, 0) is 55.4 Å². The van der Waals surface area contributed by atoms with Crippen LogP contribution >= 0.6 is 0 Å². The quantitative estimate of drug-likeness (QED) is 0.236. The Bertz CT molecular complexity index is 1060. The van der Waals surface area contributed by atoms with Crippen molar-refractivity contribution < 1.29 is 0 Å². The highest BCUT2D eigenvalue weighted by molar-refractivity contribution is 6.23. The highest BCUT2D eigenvalue weighted by atomic mass is 14.2. The molecule has 1 aliphatic carbocycles. The first-order valence-corrected chi connectivity index (χ1v) is 9.70. The Morgan fingerprint density at radius 1 is 0.680 bits per heavy atom. The van der Waals surface area contributed by atoms with Crippen LogP contribution in [0.3, 0.4) is 0 Å². The third-order valence-electron chi connectivity index (χ3n) is 5.04. The Morgan fingerprint density at radius 3 is 1.92 bits per heavy atom.